The lowest BCUT2D eigenvalue weighted by Gasteiger charge is -2.57. The Bertz CT molecular complexity index is 773. The van der Waals surface area contributed by atoms with Crippen molar-refractivity contribution in [1.82, 2.24) is 14.9 Å². The molecule has 2 heterocycles. The van der Waals surface area contributed by atoms with E-state index in [4.69, 9.17) is 4.74 Å². The number of carbonyl (C=O) groups excluding carboxylic acids is 1. The molecule has 5 nitrogen and oxygen atoms in total. The molecule has 0 radical (unpaired) electrons. The molecule has 0 bridgehead atoms. The number of rotatable bonds is 3. The molecule has 1 aliphatic heterocycles. The Kier molecular flexibility index (Phi) is 3.84. The lowest BCUT2D eigenvalue weighted by atomic mass is 9.56. The molecule has 0 spiro atoms. The molecule has 5 heteroatoms. The molecule has 2 aliphatic rings. The second-order valence-corrected chi connectivity index (χ2v) is 7.59. The minimum atomic E-state index is -0.0250. The van der Waals surface area contributed by atoms with Crippen molar-refractivity contribution >= 4 is 5.91 Å². The molecule has 3 atom stereocenters. The molecule has 1 aromatic carbocycles. The first-order chi connectivity index (χ1) is 12.0. The van der Waals surface area contributed by atoms with Crippen molar-refractivity contribution in [3.05, 3.63) is 48.3 Å². The van der Waals surface area contributed by atoms with Gasteiger partial charge in [-0.1, -0.05) is 44.2 Å². The van der Waals surface area contributed by atoms with E-state index in [0.717, 1.165) is 18.6 Å². The van der Waals surface area contributed by atoms with E-state index in [1.807, 2.05) is 42.3 Å². The Morgan fingerprint density at radius 1 is 1.20 bits per heavy atom. The Labute approximate surface area is 148 Å². The second kappa shape index (κ2) is 5.92. The average Bonchev–Trinajstić information content (AvgIpc) is 3.08. The van der Waals surface area contributed by atoms with Crippen LogP contribution in [0.3, 0.4) is 0 Å². The van der Waals surface area contributed by atoms with Crippen LogP contribution in [-0.4, -0.2) is 46.6 Å². The first-order valence-corrected chi connectivity index (χ1v) is 8.76. The van der Waals surface area contributed by atoms with E-state index < -0.39 is 0 Å². The van der Waals surface area contributed by atoms with Crippen molar-refractivity contribution in [1.29, 1.82) is 0 Å². The third-order valence-corrected chi connectivity index (χ3v) is 5.71. The van der Waals surface area contributed by atoms with Gasteiger partial charge in [0.1, 0.15) is 0 Å². The van der Waals surface area contributed by atoms with Gasteiger partial charge in [0.15, 0.2) is 5.82 Å². The summed E-state index contributed by atoms with van der Waals surface area (Å²) in [5, 5.41) is 0. The fraction of sp³-hybridized carbons (Fsp3) is 0.450. The molecule has 130 valence electrons. The highest BCUT2D eigenvalue weighted by Gasteiger charge is 2.61. The molecule has 1 saturated heterocycles. The smallest absolute Gasteiger partial charge is 0.257 e. The molecule has 0 N–H and O–H groups in total. The summed E-state index contributed by atoms with van der Waals surface area (Å²) in [5.41, 5.74) is 1.46. The van der Waals surface area contributed by atoms with Gasteiger partial charge < -0.3 is 9.64 Å². The van der Waals surface area contributed by atoms with Crippen molar-refractivity contribution in [2.75, 3.05) is 13.7 Å². The van der Waals surface area contributed by atoms with Gasteiger partial charge in [-0.15, -0.1) is 0 Å². The summed E-state index contributed by atoms with van der Waals surface area (Å²) in [6, 6.07) is 9.96. The summed E-state index contributed by atoms with van der Waals surface area (Å²) in [7, 11) is 1.88. The maximum Gasteiger partial charge on any atom is 0.257 e. The SMILES string of the molecule is CN(C(=O)c1cnc(-c2ccccc2)nc1)[C@@H]1[C@H]2CCO[C@H]2C1(C)C. The van der Waals surface area contributed by atoms with Gasteiger partial charge in [0.2, 0.25) is 0 Å². The standard InChI is InChI=1S/C20H23N3O2/c1-20(2)16(15-9-10-25-17(15)20)23(3)19(24)14-11-21-18(22-12-14)13-7-5-4-6-8-13/h4-8,11-12,15-17H,9-10H2,1-3H3/t15-,16-,17-/m1/s1. The largest absolute Gasteiger partial charge is 0.377 e. The lowest BCUT2D eigenvalue weighted by molar-refractivity contribution is -0.139. The number of amides is 1. The van der Waals surface area contributed by atoms with E-state index in [2.05, 4.69) is 23.8 Å². The van der Waals surface area contributed by atoms with Gasteiger partial charge in [0.05, 0.1) is 11.7 Å². The van der Waals surface area contributed by atoms with Crippen molar-refractivity contribution < 1.29 is 9.53 Å². The number of aromatic nitrogens is 2. The Morgan fingerprint density at radius 2 is 1.88 bits per heavy atom. The van der Waals surface area contributed by atoms with Crippen LogP contribution < -0.4 is 0 Å². The molecule has 1 amide bonds. The van der Waals surface area contributed by atoms with Crippen LogP contribution in [0.15, 0.2) is 42.7 Å². The molecule has 2 aromatic rings. The van der Waals surface area contributed by atoms with Gasteiger partial charge in [-0.2, -0.15) is 0 Å². The van der Waals surface area contributed by atoms with Crippen LogP contribution in [-0.2, 0) is 4.74 Å². The predicted octanol–water partition coefficient (Wildman–Crippen LogP) is 3.03. The summed E-state index contributed by atoms with van der Waals surface area (Å²) < 4.78 is 5.84. The molecule has 1 aliphatic carbocycles. The minimum Gasteiger partial charge on any atom is -0.377 e. The molecular weight excluding hydrogens is 314 g/mol. The summed E-state index contributed by atoms with van der Waals surface area (Å²) in [5.74, 6) is 1.05. The van der Waals surface area contributed by atoms with E-state index in [9.17, 15) is 4.79 Å². The van der Waals surface area contributed by atoms with Crippen LogP contribution >= 0.6 is 0 Å². The normalized spacial score (nSPS) is 26.6. The highest BCUT2D eigenvalue weighted by atomic mass is 16.5. The number of nitrogens with zero attached hydrogens (tertiary/aromatic N) is 3. The van der Waals surface area contributed by atoms with Crippen molar-refractivity contribution in [2.24, 2.45) is 11.3 Å². The van der Waals surface area contributed by atoms with Crippen LogP contribution in [0.1, 0.15) is 30.6 Å². The van der Waals surface area contributed by atoms with Gasteiger partial charge in [-0.05, 0) is 6.42 Å². The first-order valence-electron chi connectivity index (χ1n) is 8.76. The van der Waals surface area contributed by atoms with E-state index in [1.54, 1.807) is 12.4 Å². The number of ether oxygens (including phenoxy) is 1. The van der Waals surface area contributed by atoms with Crippen molar-refractivity contribution in [2.45, 2.75) is 32.4 Å². The number of carbonyl (C=O) groups is 1. The van der Waals surface area contributed by atoms with Gasteiger partial charge in [0.25, 0.3) is 5.91 Å². The zero-order valence-corrected chi connectivity index (χ0v) is 14.8. The van der Waals surface area contributed by atoms with Crippen LogP contribution in [0.2, 0.25) is 0 Å². The summed E-state index contributed by atoms with van der Waals surface area (Å²) in [4.78, 5) is 23.5. The number of hydrogen-bond acceptors (Lipinski definition) is 4. The molecule has 1 aromatic heterocycles. The monoisotopic (exact) mass is 337 g/mol. The quantitative estimate of drug-likeness (QED) is 0.864. The van der Waals surface area contributed by atoms with Crippen LogP contribution in [0, 0.1) is 11.3 Å². The van der Waals surface area contributed by atoms with Gasteiger partial charge in [-0.3, -0.25) is 4.79 Å². The van der Waals surface area contributed by atoms with Crippen LogP contribution in [0.4, 0.5) is 0 Å². The fourth-order valence-electron chi connectivity index (χ4n) is 4.59. The molecule has 0 unspecified atom stereocenters. The highest BCUT2D eigenvalue weighted by molar-refractivity contribution is 5.94. The van der Waals surface area contributed by atoms with E-state index in [0.29, 0.717) is 17.3 Å². The Balaban J connectivity index is 1.53. The van der Waals surface area contributed by atoms with Gasteiger partial charge >= 0.3 is 0 Å². The zero-order chi connectivity index (χ0) is 17.6. The molecule has 1 saturated carbocycles. The molecule has 4 rings (SSSR count). The first kappa shape index (κ1) is 16.2. The number of fused-ring (bicyclic) bond motifs is 1. The summed E-state index contributed by atoms with van der Waals surface area (Å²) in [6.45, 7) is 5.16. The fourth-order valence-corrected chi connectivity index (χ4v) is 4.59. The lowest BCUT2D eigenvalue weighted by Crippen LogP contribution is -2.66. The van der Waals surface area contributed by atoms with Crippen LogP contribution in [0.25, 0.3) is 11.4 Å². The highest BCUT2D eigenvalue weighted by Crippen LogP contribution is 2.54. The number of hydrogen-bond donors (Lipinski definition) is 0. The third-order valence-electron chi connectivity index (χ3n) is 5.71. The average molecular weight is 337 g/mol. The minimum absolute atomic E-state index is 0.0174. The predicted molar refractivity (Wildman–Crippen MR) is 95.0 cm³/mol. The van der Waals surface area contributed by atoms with E-state index in [1.165, 1.54) is 0 Å². The number of benzene rings is 1. The summed E-state index contributed by atoms with van der Waals surface area (Å²) in [6.07, 6.45) is 4.55. The third kappa shape index (κ3) is 2.54. The Hall–Kier alpha value is -2.27. The topological polar surface area (TPSA) is 55.3 Å². The van der Waals surface area contributed by atoms with Gasteiger partial charge in [-0.25, -0.2) is 9.97 Å². The zero-order valence-electron chi connectivity index (χ0n) is 14.8. The molecular formula is C20H23N3O2. The van der Waals surface area contributed by atoms with Crippen LogP contribution in [0.5, 0.6) is 0 Å². The van der Waals surface area contributed by atoms with Crippen molar-refractivity contribution in [3.8, 4) is 11.4 Å². The van der Waals surface area contributed by atoms with Crippen molar-refractivity contribution in [3.63, 3.8) is 0 Å². The molecule has 25 heavy (non-hydrogen) atoms. The maximum absolute atomic E-state index is 12.9. The maximum atomic E-state index is 12.9. The Morgan fingerprint density at radius 3 is 2.56 bits per heavy atom. The van der Waals surface area contributed by atoms with Gasteiger partial charge in [0, 0.05) is 49.0 Å². The summed E-state index contributed by atoms with van der Waals surface area (Å²) >= 11 is 0. The van der Waals surface area contributed by atoms with E-state index in [-0.39, 0.29) is 23.5 Å². The molecule has 2 fully saturated rings. The second-order valence-electron chi connectivity index (χ2n) is 7.59. The van der Waals surface area contributed by atoms with E-state index >= 15 is 0 Å².